The van der Waals surface area contributed by atoms with Crippen molar-refractivity contribution in [3.8, 4) is 0 Å². The van der Waals surface area contributed by atoms with Crippen LogP contribution in [-0.2, 0) is 14.8 Å². The van der Waals surface area contributed by atoms with Crippen LogP contribution in [0.2, 0.25) is 0 Å². The lowest BCUT2D eigenvalue weighted by Gasteiger charge is -2.26. The van der Waals surface area contributed by atoms with Crippen LogP contribution in [-0.4, -0.2) is 27.0 Å². The Labute approximate surface area is 106 Å². The highest BCUT2D eigenvalue weighted by molar-refractivity contribution is 7.89. The van der Waals surface area contributed by atoms with Crippen molar-refractivity contribution in [1.29, 1.82) is 0 Å². The van der Waals surface area contributed by atoms with Gasteiger partial charge in [0.25, 0.3) is 5.91 Å². The number of hydrogen-bond donors (Lipinski definition) is 3. The van der Waals surface area contributed by atoms with Gasteiger partial charge in [-0.05, 0) is 18.6 Å². The Morgan fingerprint density at radius 2 is 2.11 bits per heavy atom. The highest BCUT2D eigenvalue weighted by Gasteiger charge is 2.32. The maximum atomic E-state index is 11.9. The second-order valence-corrected chi connectivity index (χ2v) is 5.67. The molecule has 6 nitrogen and oxygen atoms in total. The lowest BCUT2D eigenvalue weighted by Crippen LogP contribution is -2.53. The van der Waals surface area contributed by atoms with E-state index in [-0.39, 0.29) is 10.8 Å². The number of para-hydroxylation sites is 1. The number of amides is 1. The van der Waals surface area contributed by atoms with Gasteiger partial charge < -0.3 is 10.6 Å². The summed E-state index contributed by atoms with van der Waals surface area (Å²) in [6.45, 7) is 2.44. The van der Waals surface area contributed by atoms with Crippen molar-refractivity contribution in [2.45, 2.75) is 24.4 Å². The van der Waals surface area contributed by atoms with Gasteiger partial charge in [-0.1, -0.05) is 19.1 Å². The zero-order valence-corrected chi connectivity index (χ0v) is 10.8. The lowest BCUT2D eigenvalue weighted by atomic mass is 10.3. The van der Waals surface area contributed by atoms with Gasteiger partial charge in [-0.25, -0.2) is 8.42 Å². The molecule has 1 heterocycles. The Morgan fingerprint density at radius 1 is 1.39 bits per heavy atom. The van der Waals surface area contributed by atoms with E-state index in [4.69, 9.17) is 0 Å². The summed E-state index contributed by atoms with van der Waals surface area (Å²) in [6.07, 6.45) is -0.168. The van der Waals surface area contributed by atoms with E-state index in [1.807, 2.05) is 6.92 Å². The normalized spacial score (nSPS) is 20.6. The van der Waals surface area contributed by atoms with Crippen molar-refractivity contribution in [1.82, 2.24) is 10.0 Å². The number of carbonyl (C=O) groups is 1. The second-order valence-electron chi connectivity index (χ2n) is 3.99. The number of nitrogens with one attached hydrogen (secondary N) is 3. The molecule has 18 heavy (non-hydrogen) atoms. The minimum Gasteiger partial charge on any atom is -0.360 e. The minimum absolute atomic E-state index is 0.157. The Bertz CT molecular complexity index is 556. The molecule has 0 saturated carbocycles. The van der Waals surface area contributed by atoms with E-state index in [0.29, 0.717) is 12.2 Å². The third-order valence-corrected chi connectivity index (χ3v) is 4.04. The highest BCUT2D eigenvalue weighted by Crippen LogP contribution is 2.24. The van der Waals surface area contributed by atoms with Crippen LogP contribution >= 0.6 is 0 Å². The van der Waals surface area contributed by atoms with E-state index >= 15 is 0 Å². The van der Waals surface area contributed by atoms with Gasteiger partial charge >= 0.3 is 0 Å². The highest BCUT2D eigenvalue weighted by atomic mass is 32.2. The Hall–Kier alpha value is -1.60. The molecule has 0 saturated heterocycles. The van der Waals surface area contributed by atoms with Crippen LogP contribution in [0.1, 0.15) is 13.3 Å². The SMILES string of the molecule is CCCNC(=O)C1Nc2ccccc2S(=O)(=O)N1. The molecule has 0 aromatic heterocycles. The molecule has 1 aromatic rings. The smallest absolute Gasteiger partial charge is 0.258 e. The number of fused-ring (bicyclic) bond motifs is 1. The van der Waals surface area contributed by atoms with Crippen LogP contribution in [0.25, 0.3) is 0 Å². The molecule has 2 rings (SSSR count). The van der Waals surface area contributed by atoms with Gasteiger partial charge in [0.1, 0.15) is 4.90 Å². The van der Waals surface area contributed by atoms with Crippen LogP contribution in [0.5, 0.6) is 0 Å². The number of anilines is 1. The molecule has 0 aliphatic carbocycles. The molecule has 0 fully saturated rings. The van der Waals surface area contributed by atoms with E-state index in [1.165, 1.54) is 6.07 Å². The van der Waals surface area contributed by atoms with E-state index in [0.717, 1.165) is 6.42 Å². The first-order chi connectivity index (χ1) is 8.54. The molecule has 1 aliphatic heterocycles. The topological polar surface area (TPSA) is 87.3 Å². The zero-order chi connectivity index (χ0) is 13.2. The van der Waals surface area contributed by atoms with Crippen molar-refractivity contribution in [2.24, 2.45) is 0 Å². The zero-order valence-electron chi connectivity index (χ0n) is 9.93. The summed E-state index contributed by atoms with van der Waals surface area (Å²) >= 11 is 0. The number of benzene rings is 1. The first kappa shape index (κ1) is 12.8. The monoisotopic (exact) mass is 269 g/mol. The van der Waals surface area contributed by atoms with Crippen LogP contribution < -0.4 is 15.4 Å². The van der Waals surface area contributed by atoms with Gasteiger partial charge in [-0.15, -0.1) is 0 Å². The summed E-state index contributed by atoms with van der Waals surface area (Å²) in [7, 11) is -3.63. The van der Waals surface area contributed by atoms with Gasteiger partial charge in [0.2, 0.25) is 10.0 Å². The number of hydrogen-bond acceptors (Lipinski definition) is 4. The lowest BCUT2D eigenvalue weighted by molar-refractivity contribution is -0.122. The molecule has 1 atom stereocenters. The average molecular weight is 269 g/mol. The number of carbonyl (C=O) groups excluding carboxylic acids is 1. The van der Waals surface area contributed by atoms with Crippen molar-refractivity contribution < 1.29 is 13.2 Å². The summed E-state index contributed by atoms with van der Waals surface area (Å²) in [5, 5.41) is 5.50. The van der Waals surface area contributed by atoms with Crippen LogP contribution in [0.15, 0.2) is 29.2 Å². The van der Waals surface area contributed by atoms with E-state index in [9.17, 15) is 13.2 Å². The van der Waals surface area contributed by atoms with Gasteiger partial charge in [-0.2, -0.15) is 4.72 Å². The van der Waals surface area contributed by atoms with E-state index in [2.05, 4.69) is 15.4 Å². The quantitative estimate of drug-likeness (QED) is 0.733. The molecule has 1 aromatic carbocycles. The maximum absolute atomic E-state index is 11.9. The Morgan fingerprint density at radius 3 is 2.83 bits per heavy atom. The standard InChI is InChI=1S/C11H15N3O3S/c1-2-7-12-11(15)10-13-8-5-3-4-6-9(8)18(16,17)14-10/h3-6,10,13-14H,2,7H2,1H3,(H,12,15). The van der Waals surface area contributed by atoms with Crippen molar-refractivity contribution >= 4 is 21.6 Å². The van der Waals surface area contributed by atoms with E-state index in [1.54, 1.807) is 18.2 Å². The van der Waals surface area contributed by atoms with Crippen LogP contribution in [0, 0.1) is 0 Å². The Balaban J connectivity index is 2.24. The summed E-state index contributed by atoms with van der Waals surface area (Å²) in [4.78, 5) is 11.9. The third-order valence-electron chi connectivity index (χ3n) is 2.56. The molecule has 1 unspecified atom stereocenters. The summed E-state index contributed by atoms with van der Waals surface area (Å²) in [5.41, 5.74) is 0.438. The van der Waals surface area contributed by atoms with Crippen LogP contribution in [0.3, 0.4) is 0 Å². The Kier molecular flexibility index (Phi) is 3.53. The number of sulfonamides is 1. The van der Waals surface area contributed by atoms with Crippen molar-refractivity contribution in [3.05, 3.63) is 24.3 Å². The van der Waals surface area contributed by atoms with Crippen molar-refractivity contribution in [2.75, 3.05) is 11.9 Å². The van der Waals surface area contributed by atoms with Gasteiger partial charge in [0.05, 0.1) is 5.69 Å². The molecular weight excluding hydrogens is 254 g/mol. The van der Waals surface area contributed by atoms with E-state index < -0.39 is 16.2 Å². The average Bonchev–Trinajstić information content (AvgIpc) is 2.35. The van der Waals surface area contributed by atoms with Crippen molar-refractivity contribution in [3.63, 3.8) is 0 Å². The third kappa shape index (κ3) is 2.46. The molecule has 98 valence electrons. The minimum atomic E-state index is -3.63. The molecule has 1 aliphatic rings. The molecule has 0 spiro atoms. The second kappa shape index (κ2) is 4.95. The predicted octanol–water partition coefficient (Wildman–Crippen LogP) is 0.243. The first-order valence-electron chi connectivity index (χ1n) is 5.70. The fourth-order valence-electron chi connectivity index (χ4n) is 1.69. The predicted molar refractivity (Wildman–Crippen MR) is 67.5 cm³/mol. The molecule has 7 heteroatoms. The molecule has 3 N–H and O–H groups in total. The largest absolute Gasteiger partial charge is 0.360 e. The maximum Gasteiger partial charge on any atom is 0.258 e. The van der Waals surface area contributed by atoms with Gasteiger partial charge in [0.15, 0.2) is 6.17 Å². The fourth-order valence-corrected chi connectivity index (χ4v) is 2.97. The molecular formula is C11H15N3O3S. The first-order valence-corrected chi connectivity index (χ1v) is 7.18. The van der Waals surface area contributed by atoms with Gasteiger partial charge in [0, 0.05) is 6.54 Å². The fraction of sp³-hybridized carbons (Fsp3) is 0.364. The summed E-state index contributed by atoms with van der Waals surface area (Å²) < 4.78 is 26.2. The number of rotatable bonds is 3. The molecule has 0 radical (unpaired) electrons. The molecule has 1 amide bonds. The summed E-state index contributed by atoms with van der Waals surface area (Å²) in [5.74, 6) is -0.380. The summed E-state index contributed by atoms with van der Waals surface area (Å²) in [6, 6.07) is 6.48. The van der Waals surface area contributed by atoms with Crippen LogP contribution in [0.4, 0.5) is 5.69 Å². The van der Waals surface area contributed by atoms with Gasteiger partial charge in [-0.3, -0.25) is 4.79 Å². The molecule has 0 bridgehead atoms.